The van der Waals surface area contributed by atoms with Crippen LogP contribution in [0.3, 0.4) is 0 Å². The van der Waals surface area contributed by atoms with Gasteiger partial charge in [0.15, 0.2) is 0 Å². The van der Waals surface area contributed by atoms with E-state index >= 15 is 0 Å². The van der Waals surface area contributed by atoms with Crippen molar-refractivity contribution in [2.75, 3.05) is 20.6 Å². The molecule has 0 aliphatic carbocycles. The number of rotatable bonds is 5. The molecule has 9 heteroatoms. The number of hydrogen-bond acceptors (Lipinski definition) is 3. The summed E-state index contributed by atoms with van der Waals surface area (Å²) in [4.78, 5) is -0.216. The Bertz CT molecular complexity index is 618. The van der Waals surface area contributed by atoms with Crippen LogP contribution < -0.4 is 5.32 Å². The number of sulfonamides is 1. The molecule has 0 saturated heterocycles. The number of alkyl halides is 3. The second-order valence-corrected chi connectivity index (χ2v) is 7.04. The second kappa shape index (κ2) is 6.51. The lowest BCUT2D eigenvalue weighted by molar-refractivity contribution is -0.134. The quantitative estimate of drug-likeness (QED) is 0.893. The first kappa shape index (κ1) is 18.2. The summed E-state index contributed by atoms with van der Waals surface area (Å²) in [7, 11) is -1.70. The summed E-state index contributed by atoms with van der Waals surface area (Å²) in [6, 6.07) is 2.74. The highest BCUT2D eigenvalue weighted by molar-refractivity contribution is 7.89. The molecular weight excluding hydrogens is 329 g/mol. The fourth-order valence-corrected chi connectivity index (χ4v) is 3.61. The number of hydrogen-bond donors (Lipinski definition) is 1. The Morgan fingerprint density at radius 2 is 1.90 bits per heavy atom. The van der Waals surface area contributed by atoms with Gasteiger partial charge in [0.25, 0.3) is 0 Å². The Hall–Kier alpha value is -0.830. The van der Waals surface area contributed by atoms with Gasteiger partial charge in [-0.2, -0.15) is 17.5 Å². The van der Waals surface area contributed by atoms with Crippen LogP contribution in [0.25, 0.3) is 0 Å². The fourth-order valence-electron chi connectivity index (χ4n) is 1.86. The van der Waals surface area contributed by atoms with Gasteiger partial charge >= 0.3 is 6.18 Å². The van der Waals surface area contributed by atoms with Gasteiger partial charge < -0.3 is 5.32 Å². The van der Waals surface area contributed by atoms with E-state index in [-0.39, 0.29) is 14.2 Å². The maximum Gasteiger partial charge on any atom is 0.402 e. The molecule has 4 nitrogen and oxygen atoms in total. The number of nitrogens with zero attached hydrogens (tertiary/aromatic N) is 1. The molecule has 0 radical (unpaired) electrons. The first-order chi connectivity index (χ1) is 9.49. The van der Waals surface area contributed by atoms with E-state index in [1.54, 1.807) is 13.1 Å². The average Bonchev–Trinajstić information content (AvgIpc) is 2.31. The number of nitrogens with one attached hydrogen (secondary N) is 1. The van der Waals surface area contributed by atoms with Crippen molar-refractivity contribution in [2.24, 2.45) is 0 Å². The van der Waals surface area contributed by atoms with Crippen molar-refractivity contribution in [3.05, 3.63) is 28.3 Å². The summed E-state index contributed by atoms with van der Waals surface area (Å²) in [5.74, 6) is 0. The second-order valence-electron chi connectivity index (χ2n) is 4.59. The van der Waals surface area contributed by atoms with Gasteiger partial charge in [-0.05, 0) is 37.2 Å². The standard InChI is InChI=1S/C12H16ClF3N2O2S/c1-8-9(6-17-2)4-10(13)5-11(8)21(19,20)18(3)7-12(14,15)16/h4-5,17H,6-7H2,1-3H3. The van der Waals surface area contributed by atoms with Crippen LogP contribution in [0, 0.1) is 6.92 Å². The van der Waals surface area contributed by atoms with E-state index < -0.39 is 22.7 Å². The fraction of sp³-hybridized carbons (Fsp3) is 0.500. The zero-order valence-corrected chi connectivity index (χ0v) is 13.3. The number of benzene rings is 1. The van der Waals surface area contributed by atoms with Crippen molar-refractivity contribution in [1.29, 1.82) is 0 Å². The van der Waals surface area contributed by atoms with Crippen molar-refractivity contribution in [2.45, 2.75) is 24.5 Å². The van der Waals surface area contributed by atoms with Crippen LogP contribution in [-0.4, -0.2) is 39.5 Å². The third-order valence-electron chi connectivity index (χ3n) is 2.89. The minimum Gasteiger partial charge on any atom is -0.316 e. The molecule has 0 bridgehead atoms. The molecule has 0 aliphatic rings. The molecule has 120 valence electrons. The highest BCUT2D eigenvalue weighted by Crippen LogP contribution is 2.28. The summed E-state index contributed by atoms with van der Waals surface area (Å²) in [6.45, 7) is 0.345. The first-order valence-electron chi connectivity index (χ1n) is 5.95. The summed E-state index contributed by atoms with van der Waals surface area (Å²) in [5.41, 5.74) is 0.992. The van der Waals surface area contributed by atoms with Crippen LogP contribution in [-0.2, 0) is 16.6 Å². The molecule has 0 aliphatic heterocycles. The molecule has 0 fully saturated rings. The highest BCUT2D eigenvalue weighted by Gasteiger charge is 2.35. The van der Waals surface area contributed by atoms with Crippen molar-refractivity contribution in [1.82, 2.24) is 9.62 Å². The minimum atomic E-state index is -4.61. The molecule has 1 aromatic carbocycles. The van der Waals surface area contributed by atoms with Crippen molar-refractivity contribution < 1.29 is 21.6 Å². The monoisotopic (exact) mass is 344 g/mol. The lowest BCUT2D eigenvalue weighted by atomic mass is 10.1. The molecule has 0 unspecified atom stereocenters. The zero-order valence-electron chi connectivity index (χ0n) is 11.8. The van der Waals surface area contributed by atoms with E-state index in [0.29, 0.717) is 17.7 Å². The Morgan fingerprint density at radius 1 is 1.33 bits per heavy atom. The van der Waals surface area contributed by atoms with Gasteiger partial charge in [-0.3, -0.25) is 0 Å². The van der Waals surface area contributed by atoms with Crippen molar-refractivity contribution >= 4 is 21.6 Å². The summed E-state index contributed by atoms with van der Waals surface area (Å²) >= 11 is 5.87. The number of halogens is 4. The van der Waals surface area contributed by atoms with Crippen LogP contribution in [0.2, 0.25) is 5.02 Å². The third-order valence-corrected chi connectivity index (χ3v) is 5.04. The van der Waals surface area contributed by atoms with Crippen LogP contribution >= 0.6 is 11.6 Å². The lowest BCUT2D eigenvalue weighted by Crippen LogP contribution is -2.36. The molecule has 21 heavy (non-hydrogen) atoms. The van der Waals surface area contributed by atoms with Gasteiger partial charge in [0.2, 0.25) is 10.0 Å². The normalized spacial score (nSPS) is 13.0. The maximum atomic E-state index is 12.4. The Labute approximate surface area is 126 Å². The molecule has 1 N–H and O–H groups in total. The van der Waals surface area contributed by atoms with E-state index in [2.05, 4.69) is 5.32 Å². The Balaban J connectivity index is 3.31. The van der Waals surface area contributed by atoms with Gasteiger partial charge in [0.05, 0.1) is 4.90 Å². The van der Waals surface area contributed by atoms with Crippen LogP contribution in [0.15, 0.2) is 17.0 Å². The van der Waals surface area contributed by atoms with E-state index in [0.717, 1.165) is 13.1 Å². The third kappa shape index (κ3) is 4.57. The Kier molecular flexibility index (Phi) is 5.65. The van der Waals surface area contributed by atoms with Crippen molar-refractivity contribution in [3.8, 4) is 0 Å². The smallest absolute Gasteiger partial charge is 0.316 e. The molecule has 0 heterocycles. The summed E-state index contributed by atoms with van der Waals surface area (Å²) in [6.07, 6.45) is -4.61. The van der Waals surface area contributed by atoms with Crippen molar-refractivity contribution in [3.63, 3.8) is 0 Å². The molecule has 1 rings (SSSR count). The van der Waals surface area contributed by atoms with Gasteiger partial charge in [0, 0.05) is 18.6 Å². The average molecular weight is 345 g/mol. The van der Waals surface area contributed by atoms with Crippen LogP contribution in [0.5, 0.6) is 0 Å². The van der Waals surface area contributed by atoms with E-state index in [1.807, 2.05) is 0 Å². The Morgan fingerprint density at radius 3 is 2.38 bits per heavy atom. The molecule has 0 amide bonds. The first-order valence-corrected chi connectivity index (χ1v) is 7.77. The summed E-state index contributed by atoms with van der Waals surface area (Å²) < 4.78 is 62.0. The predicted molar refractivity (Wildman–Crippen MR) is 74.8 cm³/mol. The van der Waals surface area contributed by atoms with Gasteiger partial charge in [-0.1, -0.05) is 11.6 Å². The largest absolute Gasteiger partial charge is 0.402 e. The van der Waals surface area contributed by atoms with E-state index in [9.17, 15) is 21.6 Å². The minimum absolute atomic E-state index is 0.157. The predicted octanol–water partition coefficient (Wildman–Crippen LogP) is 2.55. The molecule has 0 saturated carbocycles. The van der Waals surface area contributed by atoms with Gasteiger partial charge in [-0.15, -0.1) is 0 Å². The lowest BCUT2D eigenvalue weighted by Gasteiger charge is -2.21. The van der Waals surface area contributed by atoms with Crippen LogP contribution in [0.1, 0.15) is 11.1 Å². The van der Waals surface area contributed by atoms with Gasteiger partial charge in [0.1, 0.15) is 6.54 Å². The molecule has 0 spiro atoms. The van der Waals surface area contributed by atoms with E-state index in [1.165, 1.54) is 6.92 Å². The zero-order chi connectivity index (χ0) is 16.4. The molecule has 1 aromatic rings. The maximum absolute atomic E-state index is 12.4. The molecular formula is C12H16ClF3N2O2S. The van der Waals surface area contributed by atoms with Gasteiger partial charge in [-0.25, -0.2) is 8.42 Å². The SMILES string of the molecule is CNCc1cc(Cl)cc(S(=O)(=O)N(C)CC(F)(F)F)c1C. The summed E-state index contributed by atoms with van der Waals surface area (Å²) in [5, 5.41) is 3.01. The molecule has 0 aromatic heterocycles. The van der Waals surface area contributed by atoms with Crippen LogP contribution in [0.4, 0.5) is 13.2 Å². The topological polar surface area (TPSA) is 49.4 Å². The molecule has 0 atom stereocenters. The highest BCUT2D eigenvalue weighted by atomic mass is 35.5. The van der Waals surface area contributed by atoms with E-state index in [4.69, 9.17) is 11.6 Å².